The number of pyridine rings is 1. The molecular weight excluding hydrogens is 306 g/mol. The summed E-state index contributed by atoms with van der Waals surface area (Å²) in [6.07, 6.45) is 1.72. The van der Waals surface area contributed by atoms with E-state index >= 15 is 0 Å². The van der Waals surface area contributed by atoms with Gasteiger partial charge in [0.05, 0.1) is 17.1 Å². The summed E-state index contributed by atoms with van der Waals surface area (Å²) in [4.78, 5) is 4.27. The monoisotopic (exact) mass is 317 g/mol. The Morgan fingerprint density at radius 1 is 1.47 bits per heavy atom. The number of nitrogens with zero attached hydrogens (tertiary/aromatic N) is 2. The van der Waals surface area contributed by atoms with Crippen LogP contribution in [0.5, 0.6) is 0 Å². The second-order valence-electron chi connectivity index (χ2n) is 3.64. The number of halogens is 1. The zero-order valence-electron chi connectivity index (χ0n) is 9.44. The summed E-state index contributed by atoms with van der Waals surface area (Å²) in [5.41, 5.74) is 2.23. The fourth-order valence-corrected chi connectivity index (χ4v) is 2.44. The summed E-state index contributed by atoms with van der Waals surface area (Å²) in [5, 5.41) is 0. The number of nitrogens with one attached hydrogen (secondary N) is 1. The van der Waals surface area contributed by atoms with E-state index in [1.807, 2.05) is 11.3 Å². The molecule has 2 rings (SSSR count). The van der Waals surface area contributed by atoms with Crippen molar-refractivity contribution in [3.8, 4) is 0 Å². The molecule has 5 nitrogen and oxygen atoms in total. The van der Waals surface area contributed by atoms with Gasteiger partial charge in [-0.25, -0.2) is 13.4 Å². The highest BCUT2D eigenvalue weighted by Gasteiger charge is 2.09. The van der Waals surface area contributed by atoms with Gasteiger partial charge < -0.3 is 4.40 Å². The lowest BCUT2D eigenvalue weighted by atomic mass is 10.4. The van der Waals surface area contributed by atoms with Crippen LogP contribution >= 0.6 is 15.9 Å². The lowest BCUT2D eigenvalue weighted by Crippen LogP contribution is -2.14. The lowest BCUT2D eigenvalue weighted by molar-refractivity contribution is 0.602. The van der Waals surface area contributed by atoms with Gasteiger partial charge in [-0.1, -0.05) is 0 Å². The van der Waals surface area contributed by atoms with Crippen LogP contribution in [0.4, 0.5) is 5.69 Å². The minimum atomic E-state index is -3.24. The third kappa shape index (κ3) is 2.44. The molecule has 1 N–H and O–H groups in total. The van der Waals surface area contributed by atoms with E-state index < -0.39 is 10.0 Å². The van der Waals surface area contributed by atoms with Crippen molar-refractivity contribution in [2.75, 3.05) is 10.5 Å². The van der Waals surface area contributed by atoms with E-state index in [4.69, 9.17) is 0 Å². The smallest absolute Gasteiger partial charge is 0.232 e. The Kier molecular flexibility index (Phi) is 3.13. The van der Waals surface area contributed by atoms with Crippen LogP contribution in [0.3, 0.4) is 0 Å². The maximum absolute atomic E-state index is 11.4. The van der Waals surface area contributed by atoms with Gasteiger partial charge in [-0.15, -0.1) is 0 Å². The molecule has 0 aliphatic carbocycles. The van der Waals surface area contributed by atoms with Crippen LogP contribution in [-0.4, -0.2) is 23.6 Å². The number of anilines is 1. The van der Waals surface area contributed by atoms with Crippen molar-refractivity contribution in [1.29, 1.82) is 0 Å². The van der Waals surface area contributed by atoms with E-state index in [0.717, 1.165) is 15.9 Å². The van der Waals surface area contributed by atoms with Crippen LogP contribution in [0.1, 0.15) is 12.6 Å². The number of fused-ring (bicyclic) bond motifs is 1. The molecule has 0 spiro atoms. The molecule has 2 aromatic rings. The Labute approximate surface area is 108 Å². The lowest BCUT2D eigenvalue weighted by Gasteiger charge is -2.06. The molecule has 0 bridgehead atoms. The third-order valence-corrected chi connectivity index (χ3v) is 4.51. The zero-order valence-corrected chi connectivity index (χ0v) is 11.8. The van der Waals surface area contributed by atoms with Gasteiger partial charge in [0.15, 0.2) is 0 Å². The topological polar surface area (TPSA) is 63.5 Å². The molecule has 0 saturated heterocycles. The van der Waals surface area contributed by atoms with Crippen molar-refractivity contribution in [2.24, 2.45) is 0 Å². The van der Waals surface area contributed by atoms with Gasteiger partial charge in [0.2, 0.25) is 10.0 Å². The first kappa shape index (κ1) is 12.4. The number of hydrogen-bond acceptors (Lipinski definition) is 3. The number of aromatic nitrogens is 2. The Morgan fingerprint density at radius 3 is 2.82 bits per heavy atom. The Hall–Kier alpha value is -1.08. The van der Waals surface area contributed by atoms with Crippen LogP contribution in [-0.2, 0) is 10.0 Å². The number of sulfonamides is 1. The summed E-state index contributed by atoms with van der Waals surface area (Å²) in [5.74, 6) is 0.0532. The van der Waals surface area contributed by atoms with Crippen LogP contribution in [0.25, 0.3) is 5.65 Å². The number of imidazole rings is 1. The molecule has 0 aromatic carbocycles. The Bertz CT molecular complexity index is 663. The van der Waals surface area contributed by atoms with E-state index in [9.17, 15) is 8.42 Å². The quantitative estimate of drug-likeness (QED) is 0.943. The second kappa shape index (κ2) is 4.30. The molecule has 0 unspecified atom stereocenters. The minimum absolute atomic E-state index is 0.0532. The first-order chi connectivity index (χ1) is 7.93. The zero-order chi connectivity index (χ0) is 12.6. The normalized spacial score (nSPS) is 11.9. The van der Waals surface area contributed by atoms with Crippen molar-refractivity contribution in [2.45, 2.75) is 13.8 Å². The average molecular weight is 318 g/mol. The highest BCUT2D eigenvalue weighted by molar-refractivity contribution is 9.10. The average Bonchev–Trinajstić information content (AvgIpc) is 2.55. The SMILES string of the molecule is CCS(=O)(=O)Nc1ccc2nc(Br)c(C)n2c1. The van der Waals surface area contributed by atoms with Gasteiger partial charge in [-0.3, -0.25) is 4.72 Å². The van der Waals surface area contributed by atoms with Crippen LogP contribution in [0.2, 0.25) is 0 Å². The molecule has 7 heteroatoms. The Balaban J connectivity index is 2.48. The molecule has 0 aliphatic rings. The first-order valence-corrected chi connectivity index (χ1v) is 7.52. The van der Waals surface area contributed by atoms with E-state index in [1.54, 1.807) is 25.3 Å². The van der Waals surface area contributed by atoms with Gasteiger partial charge in [0.25, 0.3) is 0 Å². The largest absolute Gasteiger partial charge is 0.301 e. The van der Waals surface area contributed by atoms with Crippen LogP contribution in [0, 0.1) is 6.92 Å². The number of rotatable bonds is 3. The molecule has 17 heavy (non-hydrogen) atoms. The minimum Gasteiger partial charge on any atom is -0.301 e. The highest BCUT2D eigenvalue weighted by Crippen LogP contribution is 2.20. The molecule has 0 fully saturated rings. The standard InChI is InChI=1S/C10H12BrN3O2S/c1-3-17(15,16)13-8-4-5-9-12-10(11)7(2)14(9)6-8/h4-6,13H,3H2,1-2H3. The first-order valence-electron chi connectivity index (χ1n) is 5.07. The molecule has 0 atom stereocenters. The van der Waals surface area contributed by atoms with E-state index in [1.165, 1.54) is 0 Å². The third-order valence-electron chi connectivity index (χ3n) is 2.45. The predicted octanol–water partition coefficient (Wildman–Crippen LogP) is 2.17. The van der Waals surface area contributed by atoms with Crippen molar-refractivity contribution in [3.63, 3.8) is 0 Å². The van der Waals surface area contributed by atoms with Crippen molar-refractivity contribution in [1.82, 2.24) is 9.38 Å². The van der Waals surface area contributed by atoms with Crippen LogP contribution in [0.15, 0.2) is 22.9 Å². The molecule has 0 aliphatic heterocycles. The van der Waals surface area contributed by atoms with E-state index in [-0.39, 0.29) is 5.75 Å². The maximum Gasteiger partial charge on any atom is 0.232 e. The second-order valence-corrected chi connectivity index (χ2v) is 6.40. The molecule has 0 amide bonds. The predicted molar refractivity (Wildman–Crippen MR) is 70.7 cm³/mol. The fraction of sp³-hybridized carbons (Fsp3) is 0.300. The molecule has 0 radical (unpaired) electrons. The van der Waals surface area contributed by atoms with Gasteiger partial charge in [0, 0.05) is 6.20 Å². The molecule has 92 valence electrons. The molecular formula is C10H12BrN3O2S. The number of hydrogen-bond donors (Lipinski definition) is 1. The van der Waals surface area contributed by atoms with Gasteiger partial charge in [-0.05, 0) is 41.9 Å². The molecule has 2 aromatic heterocycles. The van der Waals surface area contributed by atoms with Gasteiger partial charge in [0.1, 0.15) is 10.3 Å². The summed E-state index contributed by atoms with van der Waals surface area (Å²) in [7, 11) is -3.24. The number of aryl methyl sites for hydroxylation is 1. The summed E-state index contributed by atoms with van der Waals surface area (Å²) < 4.78 is 28.0. The molecule has 0 saturated carbocycles. The van der Waals surface area contributed by atoms with Crippen molar-refractivity contribution >= 4 is 37.3 Å². The summed E-state index contributed by atoms with van der Waals surface area (Å²) in [6, 6.07) is 3.46. The van der Waals surface area contributed by atoms with Gasteiger partial charge in [-0.2, -0.15) is 0 Å². The van der Waals surface area contributed by atoms with E-state index in [2.05, 4.69) is 25.6 Å². The maximum atomic E-state index is 11.4. The van der Waals surface area contributed by atoms with Crippen molar-refractivity contribution < 1.29 is 8.42 Å². The van der Waals surface area contributed by atoms with Crippen LogP contribution < -0.4 is 4.72 Å². The summed E-state index contributed by atoms with van der Waals surface area (Å²) >= 11 is 3.34. The highest BCUT2D eigenvalue weighted by atomic mass is 79.9. The fourth-order valence-electron chi connectivity index (χ4n) is 1.45. The van der Waals surface area contributed by atoms with E-state index in [0.29, 0.717) is 5.69 Å². The Morgan fingerprint density at radius 2 is 2.18 bits per heavy atom. The van der Waals surface area contributed by atoms with Crippen molar-refractivity contribution in [3.05, 3.63) is 28.6 Å². The van der Waals surface area contributed by atoms with Gasteiger partial charge >= 0.3 is 0 Å². The molecule has 2 heterocycles. The summed E-state index contributed by atoms with van der Waals surface area (Å²) in [6.45, 7) is 3.50.